The second-order valence-electron chi connectivity index (χ2n) is 12.0. The van der Waals surface area contributed by atoms with Crippen LogP contribution in [0.1, 0.15) is 87.1 Å². The van der Waals surface area contributed by atoms with Gasteiger partial charge in [-0.25, -0.2) is 0 Å². The molecule has 2 atom stereocenters. The predicted octanol–water partition coefficient (Wildman–Crippen LogP) is 11.2. The minimum atomic E-state index is 0.280. The summed E-state index contributed by atoms with van der Waals surface area (Å²) in [6.07, 6.45) is 14.6. The molecule has 1 saturated carbocycles. The Bertz CT molecular complexity index is 1540. The lowest BCUT2D eigenvalue weighted by Gasteiger charge is -2.34. The maximum Gasteiger partial charge on any atom is 0.0201 e. The monoisotopic (exact) mass is 524 g/mol. The highest BCUT2D eigenvalue weighted by Gasteiger charge is 2.41. The maximum atomic E-state index is 4.74. The van der Waals surface area contributed by atoms with Gasteiger partial charge in [0.25, 0.3) is 0 Å². The van der Waals surface area contributed by atoms with Gasteiger partial charge in [-0.05, 0) is 114 Å². The van der Waals surface area contributed by atoms with Crippen molar-refractivity contribution in [2.45, 2.75) is 72.6 Å². The van der Waals surface area contributed by atoms with Crippen molar-refractivity contribution in [1.82, 2.24) is 0 Å². The number of rotatable bonds is 8. The van der Waals surface area contributed by atoms with E-state index < -0.39 is 0 Å². The van der Waals surface area contributed by atoms with Crippen molar-refractivity contribution in [3.05, 3.63) is 153 Å². The summed E-state index contributed by atoms with van der Waals surface area (Å²) in [5, 5.41) is 0. The molecule has 2 aromatic rings. The van der Waals surface area contributed by atoms with E-state index in [9.17, 15) is 0 Å². The van der Waals surface area contributed by atoms with E-state index in [0.717, 1.165) is 37.7 Å². The molecule has 0 aromatic heterocycles. The highest BCUT2D eigenvalue weighted by atomic mass is 14.4. The molecule has 3 aliphatic carbocycles. The standard InChI is InChI=1S/C40H44/c1-9-11-27(6)38-28(7)20-36-23-35(29(8)39(36)40(38)32-17-13-30(10-2)14-18-32)22-31-15-19-34(21-31)37-24-33(25(3)4)16-12-26(37)5/h12-20,22,24,39-40H,3,6,8-11,21,23H2,1-2,4-5,7H3. The third-order valence-electron chi connectivity index (χ3n) is 9.06. The van der Waals surface area contributed by atoms with Crippen LogP contribution < -0.4 is 0 Å². The molecule has 0 nitrogen and oxygen atoms in total. The summed E-state index contributed by atoms with van der Waals surface area (Å²) in [4.78, 5) is 0. The smallest absolute Gasteiger partial charge is 0.0201 e. The lowest BCUT2D eigenvalue weighted by Crippen LogP contribution is -2.21. The van der Waals surface area contributed by atoms with Gasteiger partial charge < -0.3 is 0 Å². The maximum absolute atomic E-state index is 4.74. The molecule has 0 saturated heterocycles. The third kappa shape index (κ3) is 5.25. The molecule has 0 bridgehead atoms. The molecule has 0 aliphatic heterocycles. The average molecular weight is 525 g/mol. The minimum absolute atomic E-state index is 0.280. The fraction of sp³-hybridized carbons (Fsp3) is 0.300. The lowest BCUT2D eigenvalue weighted by molar-refractivity contribution is 0.619. The van der Waals surface area contributed by atoms with Gasteiger partial charge in [0.1, 0.15) is 0 Å². The van der Waals surface area contributed by atoms with Crippen molar-refractivity contribution >= 4 is 11.1 Å². The van der Waals surface area contributed by atoms with E-state index in [1.807, 2.05) is 0 Å². The molecule has 3 aliphatic rings. The Hall–Kier alpha value is -3.64. The molecule has 5 rings (SSSR count). The van der Waals surface area contributed by atoms with Crippen LogP contribution in [0.3, 0.4) is 0 Å². The molecule has 0 heteroatoms. The Labute approximate surface area is 242 Å². The summed E-state index contributed by atoms with van der Waals surface area (Å²) >= 11 is 0. The van der Waals surface area contributed by atoms with Crippen LogP contribution in [0.4, 0.5) is 0 Å². The first-order valence-electron chi connectivity index (χ1n) is 15.0. The first kappa shape index (κ1) is 27.9. The van der Waals surface area contributed by atoms with Crippen molar-refractivity contribution in [3.8, 4) is 0 Å². The van der Waals surface area contributed by atoms with Gasteiger partial charge in [0.2, 0.25) is 0 Å². The van der Waals surface area contributed by atoms with E-state index in [1.165, 1.54) is 72.4 Å². The largest absolute Gasteiger partial charge is 0.0955 e. The van der Waals surface area contributed by atoms with Crippen molar-refractivity contribution in [1.29, 1.82) is 0 Å². The summed E-state index contributed by atoms with van der Waals surface area (Å²) in [5.41, 5.74) is 18.8. The predicted molar refractivity (Wildman–Crippen MR) is 175 cm³/mol. The topological polar surface area (TPSA) is 0 Å². The van der Waals surface area contributed by atoms with Crippen LogP contribution >= 0.6 is 0 Å². The molecule has 0 radical (unpaired) electrons. The van der Waals surface area contributed by atoms with Gasteiger partial charge in [0.15, 0.2) is 0 Å². The number of allylic oxidation sites excluding steroid dienone is 13. The Morgan fingerprint density at radius 2 is 1.70 bits per heavy atom. The second-order valence-corrected chi connectivity index (χ2v) is 12.0. The van der Waals surface area contributed by atoms with Crippen molar-refractivity contribution in [2.75, 3.05) is 0 Å². The minimum Gasteiger partial charge on any atom is -0.0955 e. The molecule has 1 fully saturated rings. The van der Waals surface area contributed by atoms with E-state index >= 15 is 0 Å². The summed E-state index contributed by atoms with van der Waals surface area (Å²) in [6, 6.07) is 16.0. The quantitative estimate of drug-likeness (QED) is 0.322. The van der Waals surface area contributed by atoms with Gasteiger partial charge in [-0.1, -0.05) is 117 Å². The molecule has 0 spiro atoms. The number of fused-ring (bicyclic) bond motifs is 1. The van der Waals surface area contributed by atoms with Crippen molar-refractivity contribution in [2.24, 2.45) is 5.92 Å². The zero-order valence-electron chi connectivity index (χ0n) is 25.2. The van der Waals surface area contributed by atoms with E-state index in [0.29, 0.717) is 5.92 Å². The van der Waals surface area contributed by atoms with Crippen LogP contribution in [-0.4, -0.2) is 0 Å². The Morgan fingerprint density at radius 3 is 2.38 bits per heavy atom. The molecular formula is C40H44. The summed E-state index contributed by atoms with van der Waals surface area (Å²) < 4.78 is 0. The highest BCUT2D eigenvalue weighted by Crippen LogP contribution is 2.55. The molecule has 2 unspecified atom stereocenters. The van der Waals surface area contributed by atoms with Gasteiger partial charge in [-0.3, -0.25) is 0 Å². The normalized spacial score (nSPS) is 21.4. The van der Waals surface area contributed by atoms with E-state index in [4.69, 9.17) is 6.58 Å². The summed E-state index contributed by atoms with van der Waals surface area (Å²) in [6.45, 7) is 24.5. The average Bonchev–Trinajstić information content (AvgIpc) is 3.52. The Kier molecular flexibility index (Phi) is 7.99. The first-order chi connectivity index (χ1) is 19.2. The van der Waals surface area contributed by atoms with Crippen LogP contribution in [0, 0.1) is 12.8 Å². The van der Waals surface area contributed by atoms with Crippen LogP contribution in [0.15, 0.2) is 126 Å². The van der Waals surface area contributed by atoms with Gasteiger partial charge in [0, 0.05) is 11.8 Å². The van der Waals surface area contributed by atoms with Gasteiger partial charge in [-0.15, -0.1) is 0 Å². The van der Waals surface area contributed by atoms with E-state index in [2.05, 4.69) is 115 Å². The third-order valence-corrected chi connectivity index (χ3v) is 9.06. The highest BCUT2D eigenvalue weighted by molar-refractivity contribution is 5.78. The van der Waals surface area contributed by atoms with E-state index in [1.54, 1.807) is 0 Å². The summed E-state index contributed by atoms with van der Waals surface area (Å²) in [7, 11) is 0. The molecule has 2 aromatic carbocycles. The zero-order valence-corrected chi connectivity index (χ0v) is 25.2. The van der Waals surface area contributed by atoms with Gasteiger partial charge >= 0.3 is 0 Å². The number of benzene rings is 2. The zero-order chi connectivity index (χ0) is 28.6. The SMILES string of the molecule is C=C(CCC)C1=C(C)C=C2CC(=CC3=CC=C(c4cc(C(=C)C)ccc4C)C3)C(=C)C2C1c1ccc(CC)cc1. The molecule has 40 heavy (non-hydrogen) atoms. The summed E-state index contributed by atoms with van der Waals surface area (Å²) in [5.74, 6) is 0.581. The van der Waals surface area contributed by atoms with Gasteiger partial charge in [0.05, 0.1) is 0 Å². The van der Waals surface area contributed by atoms with Crippen LogP contribution in [0.25, 0.3) is 11.1 Å². The molecule has 0 heterocycles. The fourth-order valence-corrected chi connectivity index (χ4v) is 6.88. The van der Waals surface area contributed by atoms with Crippen LogP contribution in [0.2, 0.25) is 0 Å². The number of aryl methyl sites for hydroxylation is 2. The van der Waals surface area contributed by atoms with Crippen molar-refractivity contribution in [3.63, 3.8) is 0 Å². The molecule has 0 N–H and O–H groups in total. The fourth-order valence-electron chi connectivity index (χ4n) is 6.88. The van der Waals surface area contributed by atoms with Crippen LogP contribution in [0.5, 0.6) is 0 Å². The second kappa shape index (κ2) is 11.5. The number of hydrogen-bond acceptors (Lipinski definition) is 0. The van der Waals surface area contributed by atoms with E-state index in [-0.39, 0.29) is 5.92 Å². The molecular weight excluding hydrogens is 480 g/mol. The van der Waals surface area contributed by atoms with Crippen LogP contribution in [-0.2, 0) is 6.42 Å². The Balaban J connectivity index is 1.44. The van der Waals surface area contributed by atoms with Gasteiger partial charge in [-0.2, -0.15) is 0 Å². The number of hydrogen-bond donors (Lipinski definition) is 0. The first-order valence-corrected chi connectivity index (χ1v) is 15.0. The lowest BCUT2D eigenvalue weighted by atomic mass is 9.69. The van der Waals surface area contributed by atoms with Crippen molar-refractivity contribution < 1.29 is 0 Å². The molecule has 204 valence electrons. The Morgan fingerprint density at radius 1 is 0.950 bits per heavy atom. The molecule has 0 amide bonds.